The zero-order valence-electron chi connectivity index (χ0n) is 18.3. The second-order valence-corrected chi connectivity index (χ2v) is 14.1. The van der Waals surface area contributed by atoms with E-state index in [1.807, 2.05) is 0 Å². The molecule has 8 nitrogen and oxygen atoms in total. The van der Waals surface area contributed by atoms with Crippen molar-refractivity contribution in [3.63, 3.8) is 0 Å². The van der Waals surface area contributed by atoms with E-state index >= 15 is 0 Å². The van der Waals surface area contributed by atoms with Crippen LogP contribution in [0, 0.1) is 10.1 Å². The Bertz CT molecular complexity index is 1130. The number of hydrogen-bond acceptors (Lipinski definition) is 6. The Morgan fingerprint density at radius 2 is 1.64 bits per heavy atom. The number of hydrogen-bond donors (Lipinski definition) is 0. The van der Waals surface area contributed by atoms with Crippen LogP contribution in [0.3, 0.4) is 0 Å². The van der Waals surface area contributed by atoms with Crippen LogP contribution in [0.2, 0.25) is 25.7 Å². The molecule has 1 aromatic heterocycles. The van der Waals surface area contributed by atoms with Crippen molar-refractivity contribution in [1.82, 2.24) is 14.8 Å². The van der Waals surface area contributed by atoms with Crippen LogP contribution < -0.4 is 4.74 Å². The van der Waals surface area contributed by atoms with Gasteiger partial charge in [0.05, 0.1) is 4.92 Å². The third-order valence-electron chi connectivity index (χ3n) is 4.61. The number of rotatable bonds is 9. The van der Waals surface area contributed by atoms with Gasteiger partial charge in [-0.05, 0) is 18.2 Å². The normalized spacial score (nSPS) is 12.1. The molecule has 1 heterocycles. The summed E-state index contributed by atoms with van der Waals surface area (Å²) in [4.78, 5) is 10.7. The Morgan fingerprint density at radius 1 is 1.03 bits per heavy atom. The van der Waals surface area contributed by atoms with Gasteiger partial charge in [-0.1, -0.05) is 43.9 Å². The lowest BCUT2D eigenvalue weighted by atomic mass is 10.1. The van der Waals surface area contributed by atoms with Gasteiger partial charge in [0, 0.05) is 37.9 Å². The lowest BCUT2D eigenvalue weighted by Gasteiger charge is -2.17. The molecular formula is C21H23F3N4O4Si. The predicted molar refractivity (Wildman–Crippen MR) is 118 cm³/mol. The summed E-state index contributed by atoms with van der Waals surface area (Å²) in [7, 11) is -1.35. The van der Waals surface area contributed by atoms with Crippen molar-refractivity contribution < 1.29 is 27.6 Å². The number of nitro benzene ring substituents is 1. The number of benzene rings is 2. The highest BCUT2D eigenvalue weighted by Gasteiger charge is 2.31. The molecule has 0 unspecified atom stereocenters. The third kappa shape index (κ3) is 6.86. The fourth-order valence-corrected chi connectivity index (χ4v) is 3.73. The van der Waals surface area contributed by atoms with Gasteiger partial charge < -0.3 is 9.47 Å². The molecule has 0 aliphatic carbocycles. The zero-order valence-corrected chi connectivity index (χ0v) is 19.3. The Morgan fingerprint density at radius 3 is 2.21 bits per heavy atom. The molecule has 0 saturated carbocycles. The van der Waals surface area contributed by atoms with Crippen LogP contribution in [-0.2, 0) is 11.5 Å². The van der Waals surface area contributed by atoms with Crippen LogP contribution >= 0.6 is 0 Å². The fraction of sp³-hybridized carbons (Fsp3) is 0.333. The van der Waals surface area contributed by atoms with Gasteiger partial charge in [-0.25, -0.2) is 0 Å². The molecule has 0 N–H and O–H groups in total. The summed E-state index contributed by atoms with van der Waals surface area (Å²) in [5, 5.41) is 19.5. The van der Waals surface area contributed by atoms with Crippen molar-refractivity contribution in [2.24, 2.45) is 0 Å². The van der Waals surface area contributed by atoms with Crippen LogP contribution in [0.15, 0.2) is 48.5 Å². The molecule has 0 aliphatic rings. The Balaban J connectivity index is 1.99. The van der Waals surface area contributed by atoms with E-state index in [0.717, 1.165) is 6.04 Å². The summed E-state index contributed by atoms with van der Waals surface area (Å²) >= 11 is 0. The van der Waals surface area contributed by atoms with Gasteiger partial charge in [0.2, 0.25) is 0 Å². The largest absolute Gasteiger partial charge is 0.573 e. The quantitative estimate of drug-likeness (QED) is 0.168. The number of non-ortho nitro benzene ring substituents is 1. The molecule has 12 heteroatoms. The first-order chi connectivity index (χ1) is 15.4. The third-order valence-corrected chi connectivity index (χ3v) is 6.31. The lowest BCUT2D eigenvalue weighted by Crippen LogP contribution is -2.22. The predicted octanol–water partition coefficient (Wildman–Crippen LogP) is 5.73. The Kier molecular flexibility index (Phi) is 7.18. The average Bonchev–Trinajstić information content (AvgIpc) is 3.13. The average molecular weight is 481 g/mol. The smallest absolute Gasteiger partial charge is 0.406 e. The molecule has 0 bridgehead atoms. The highest BCUT2D eigenvalue weighted by Crippen LogP contribution is 2.30. The number of nitrogens with zero attached hydrogens (tertiary/aromatic N) is 4. The minimum Gasteiger partial charge on any atom is -0.406 e. The number of alkyl halides is 3. The van der Waals surface area contributed by atoms with Gasteiger partial charge >= 0.3 is 6.36 Å². The lowest BCUT2D eigenvalue weighted by molar-refractivity contribution is -0.384. The Hall–Kier alpha value is -3.25. The number of nitro groups is 1. The minimum atomic E-state index is -4.83. The van der Waals surface area contributed by atoms with Crippen molar-refractivity contribution in [1.29, 1.82) is 0 Å². The monoisotopic (exact) mass is 480 g/mol. The molecule has 0 saturated heterocycles. The number of ether oxygens (including phenoxy) is 2. The summed E-state index contributed by atoms with van der Waals surface area (Å²) in [6, 6.07) is 12.2. The van der Waals surface area contributed by atoms with Gasteiger partial charge in [-0.3, -0.25) is 14.7 Å². The van der Waals surface area contributed by atoms with E-state index in [0.29, 0.717) is 23.6 Å². The topological polar surface area (TPSA) is 92.3 Å². The maximum Gasteiger partial charge on any atom is 0.573 e. The van der Waals surface area contributed by atoms with Crippen LogP contribution in [0.1, 0.15) is 0 Å². The molecular weight excluding hydrogens is 457 g/mol. The second kappa shape index (κ2) is 9.71. The molecule has 0 fully saturated rings. The molecule has 0 spiro atoms. The van der Waals surface area contributed by atoms with E-state index in [9.17, 15) is 23.3 Å². The summed E-state index contributed by atoms with van der Waals surface area (Å²) < 4.78 is 49.4. The van der Waals surface area contributed by atoms with E-state index in [1.54, 1.807) is 16.7 Å². The van der Waals surface area contributed by atoms with Crippen molar-refractivity contribution in [2.75, 3.05) is 6.61 Å². The molecule has 0 radical (unpaired) electrons. The van der Waals surface area contributed by atoms with E-state index in [-0.39, 0.29) is 18.2 Å². The van der Waals surface area contributed by atoms with Crippen LogP contribution in [-0.4, -0.2) is 40.7 Å². The van der Waals surface area contributed by atoms with Crippen molar-refractivity contribution in [2.45, 2.75) is 38.8 Å². The van der Waals surface area contributed by atoms with Crippen molar-refractivity contribution >= 4 is 13.8 Å². The van der Waals surface area contributed by atoms with Crippen molar-refractivity contribution in [3.8, 4) is 28.5 Å². The van der Waals surface area contributed by atoms with Crippen molar-refractivity contribution in [3.05, 3.63) is 58.6 Å². The molecule has 3 rings (SSSR count). The fourth-order valence-electron chi connectivity index (χ4n) is 2.98. The SMILES string of the molecule is C[Si](C)(C)CCOCn1c(-c2cccc(OC(F)(F)F)c2)nnc1-c1cccc([N+](=O)[O-])c1. The summed E-state index contributed by atoms with van der Waals surface area (Å²) in [5.74, 6) is 0.145. The number of aromatic nitrogens is 3. The van der Waals surface area contributed by atoms with E-state index in [1.165, 1.54) is 36.4 Å². The standard InChI is InChI=1S/C21H23F3N4O4Si/c1-33(2,3)11-10-31-14-27-19(15-6-4-8-17(12-15)28(29)30)25-26-20(27)16-7-5-9-18(13-16)32-21(22,23)24/h4-9,12-13H,10-11,14H2,1-3H3. The van der Waals surface area contributed by atoms with Gasteiger partial charge in [0.1, 0.15) is 12.5 Å². The van der Waals surface area contributed by atoms with Gasteiger partial charge in [0.15, 0.2) is 11.6 Å². The molecule has 0 aliphatic heterocycles. The van der Waals surface area contributed by atoms with E-state index in [4.69, 9.17) is 4.74 Å². The molecule has 2 aromatic carbocycles. The minimum absolute atomic E-state index is 0.0230. The molecule has 0 atom stereocenters. The maximum atomic E-state index is 12.7. The summed E-state index contributed by atoms with van der Waals surface area (Å²) in [6.45, 7) is 7.14. The zero-order chi connectivity index (χ0) is 24.2. The van der Waals surface area contributed by atoms with Gasteiger partial charge in [0.25, 0.3) is 5.69 Å². The van der Waals surface area contributed by atoms with Crippen LogP contribution in [0.25, 0.3) is 22.8 Å². The van der Waals surface area contributed by atoms with E-state index in [2.05, 4.69) is 34.6 Å². The first-order valence-corrected chi connectivity index (χ1v) is 13.8. The van der Waals surface area contributed by atoms with Crippen LogP contribution in [0.5, 0.6) is 5.75 Å². The summed E-state index contributed by atoms with van der Waals surface area (Å²) in [6.07, 6.45) is -4.83. The maximum absolute atomic E-state index is 12.7. The van der Waals surface area contributed by atoms with E-state index < -0.39 is 25.1 Å². The molecule has 0 amide bonds. The molecule has 3 aromatic rings. The highest BCUT2D eigenvalue weighted by atomic mass is 28.3. The second-order valence-electron chi connectivity index (χ2n) is 8.51. The number of halogens is 3. The highest BCUT2D eigenvalue weighted by molar-refractivity contribution is 6.76. The Labute approximate surface area is 189 Å². The van der Waals surface area contributed by atoms with Gasteiger partial charge in [-0.2, -0.15) is 0 Å². The van der Waals surface area contributed by atoms with Crippen LogP contribution in [0.4, 0.5) is 18.9 Å². The van der Waals surface area contributed by atoms with Gasteiger partial charge in [-0.15, -0.1) is 23.4 Å². The molecule has 33 heavy (non-hydrogen) atoms. The summed E-state index contributed by atoms with van der Waals surface area (Å²) in [5.41, 5.74) is 0.637. The first kappa shape index (κ1) is 24.4. The molecule has 176 valence electrons. The first-order valence-electron chi connectivity index (χ1n) is 10.0.